The van der Waals surface area contributed by atoms with Crippen LogP contribution in [0.3, 0.4) is 0 Å². The number of piperidine rings is 1. The molecule has 2 N–H and O–H groups in total. The van der Waals surface area contributed by atoms with E-state index in [2.05, 4.69) is 27.3 Å². The highest BCUT2D eigenvalue weighted by molar-refractivity contribution is 5.81. The number of hydrogen-bond acceptors (Lipinski definition) is 5. The second-order valence-corrected chi connectivity index (χ2v) is 7.36. The summed E-state index contributed by atoms with van der Waals surface area (Å²) < 4.78 is 54.7. The highest BCUT2D eigenvalue weighted by atomic mass is 19.4. The molecular weight excluding hydrogens is 402 g/mol. The van der Waals surface area contributed by atoms with Crippen molar-refractivity contribution in [1.29, 1.82) is 0 Å². The standard InChI is InChI=1S/C20H21F4N5O/c1-2-28-8-3-4-13(11-28)25-19-27-26-17(18-15(21)7-9-29(18)19)14-6-5-12(10-16(14)30)20(22,23)24/h5-7,9-10,13,30H,2-4,8,11H2,1H3,(H,25,27)/t13-/m1/s1. The first-order valence-corrected chi connectivity index (χ1v) is 9.70. The van der Waals surface area contributed by atoms with Crippen LogP contribution in [-0.2, 0) is 6.18 Å². The molecule has 1 atom stereocenters. The average Bonchev–Trinajstić information content (AvgIpc) is 3.10. The normalized spacial score (nSPS) is 18.1. The fourth-order valence-electron chi connectivity index (χ4n) is 3.84. The van der Waals surface area contributed by atoms with Crippen molar-refractivity contribution in [3.05, 3.63) is 41.8 Å². The van der Waals surface area contributed by atoms with E-state index in [0.717, 1.165) is 44.6 Å². The van der Waals surface area contributed by atoms with Crippen LogP contribution >= 0.6 is 0 Å². The highest BCUT2D eigenvalue weighted by Crippen LogP contribution is 2.37. The summed E-state index contributed by atoms with van der Waals surface area (Å²) in [5.41, 5.74) is -1.03. The lowest BCUT2D eigenvalue weighted by molar-refractivity contribution is -0.137. The van der Waals surface area contributed by atoms with Crippen LogP contribution < -0.4 is 5.32 Å². The summed E-state index contributed by atoms with van der Waals surface area (Å²) in [7, 11) is 0. The van der Waals surface area contributed by atoms with E-state index in [9.17, 15) is 22.7 Å². The number of fused-ring (bicyclic) bond motifs is 1. The van der Waals surface area contributed by atoms with Gasteiger partial charge in [0.05, 0.1) is 5.56 Å². The Hall–Kier alpha value is -2.88. The van der Waals surface area contributed by atoms with E-state index in [-0.39, 0.29) is 22.8 Å². The number of hydrogen-bond donors (Lipinski definition) is 2. The molecule has 0 aliphatic carbocycles. The maximum Gasteiger partial charge on any atom is 0.416 e. The summed E-state index contributed by atoms with van der Waals surface area (Å²) in [6.45, 7) is 4.88. The van der Waals surface area contributed by atoms with Gasteiger partial charge in [-0.25, -0.2) is 4.39 Å². The molecule has 30 heavy (non-hydrogen) atoms. The summed E-state index contributed by atoms with van der Waals surface area (Å²) in [6.07, 6.45) is -1.16. The van der Waals surface area contributed by atoms with Crippen LogP contribution in [-0.4, -0.2) is 50.3 Å². The number of nitrogens with zero attached hydrogens (tertiary/aromatic N) is 4. The second kappa shape index (κ2) is 7.75. The molecule has 1 aliphatic heterocycles. The van der Waals surface area contributed by atoms with E-state index < -0.39 is 23.3 Å². The minimum atomic E-state index is -4.60. The zero-order chi connectivity index (χ0) is 21.5. The predicted molar refractivity (Wildman–Crippen MR) is 104 cm³/mol. The lowest BCUT2D eigenvalue weighted by Crippen LogP contribution is -2.42. The Kier molecular flexibility index (Phi) is 5.27. The number of phenolic OH excluding ortho intramolecular Hbond substituents is 1. The molecule has 1 saturated heterocycles. The van der Waals surface area contributed by atoms with Gasteiger partial charge in [0.25, 0.3) is 0 Å². The van der Waals surface area contributed by atoms with Crippen molar-refractivity contribution in [2.45, 2.75) is 32.0 Å². The SMILES string of the molecule is CCN1CCC[C@@H](Nc2nnc(-c3ccc(C(F)(F)F)cc3O)c3c(F)ccn23)C1. The van der Waals surface area contributed by atoms with Crippen LogP contribution in [0.2, 0.25) is 0 Å². The maximum absolute atomic E-state index is 14.6. The molecule has 2 aromatic heterocycles. The first kappa shape index (κ1) is 20.4. The zero-order valence-corrected chi connectivity index (χ0v) is 16.2. The molecule has 1 aromatic carbocycles. The van der Waals surface area contributed by atoms with Crippen molar-refractivity contribution < 1.29 is 22.7 Å². The van der Waals surface area contributed by atoms with E-state index >= 15 is 0 Å². The Morgan fingerprint density at radius 3 is 2.73 bits per heavy atom. The van der Waals surface area contributed by atoms with Gasteiger partial charge in [0, 0.05) is 24.3 Å². The van der Waals surface area contributed by atoms with Gasteiger partial charge >= 0.3 is 6.18 Å². The number of anilines is 1. The monoisotopic (exact) mass is 423 g/mol. The third-order valence-corrected chi connectivity index (χ3v) is 5.40. The molecule has 0 amide bonds. The summed E-state index contributed by atoms with van der Waals surface area (Å²) in [6, 6.07) is 3.84. The Balaban J connectivity index is 1.72. The number of rotatable bonds is 4. The summed E-state index contributed by atoms with van der Waals surface area (Å²) >= 11 is 0. The van der Waals surface area contributed by atoms with Crippen molar-refractivity contribution >= 4 is 11.5 Å². The van der Waals surface area contributed by atoms with E-state index in [4.69, 9.17) is 0 Å². The molecule has 3 heterocycles. The molecule has 4 rings (SSSR count). The fourth-order valence-corrected chi connectivity index (χ4v) is 3.84. The maximum atomic E-state index is 14.6. The number of aromatic hydroxyl groups is 1. The number of phenols is 1. The molecule has 0 spiro atoms. The van der Waals surface area contributed by atoms with Crippen molar-refractivity contribution in [2.24, 2.45) is 0 Å². The number of likely N-dealkylation sites (tertiary alicyclic amines) is 1. The molecule has 6 nitrogen and oxygen atoms in total. The smallest absolute Gasteiger partial charge is 0.416 e. The number of aromatic nitrogens is 3. The van der Waals surface area contributed by atoms with Crippen LogP contribution in [0.15, 0.2) is 30.5 Å². The van der Waals surface area contributed by atoms with Gasteiger partial charge in [-0.3, -0.25) is 4.40 Å². The van der Waals surface area contributed by atoms with Crippen molar-refractivity contribution in [3.63, 3.8) is 0 Å². The molecule has 1 aliphatic rings. The van der Waals surface area contributed by atoms with E-state index in [1.54, 1.807) is 0 Å². The number of nitrogens with one attached hydrogen (secondary N) is 1. The number of halogens is 4. The van der Waals surface area contributed by atoms with Crippen molar-refractivity contribution in [2.75, 3.05) is 25.0 Å². The molecule has 10 heteroatoms. The molecule has 160 valence electrons. The lowest BCUT2D eigenvalue weighted by Gasteiger charge is -2.32. The minimum absolute atomic E-state index is 0.0283. The van der Waals surface area contributed by atoms with Crippen molar-refractivity contribution in [3.8, 4) is 17.0 Å². The molecule has 0 saturated carbocycles. The number of likely N-dealkylation sites (N-methyl/N-ethyl adjacent to an activating group) is 1. The van der Waals surface area contributed by atoms with Crippen LogP contribution in [0.4, 0.5) is 23.5 Å². The third-order valence-electron chi connectivity index (χ3n) is 5.40. The summed E-state index contributed by atoms with van der Waals surface area (Å²) in [5.74, 6) is -0.915. The van der Waals surface area contributed by atoms with Gasteiger partial charge in [-0.1, -0.05) is 6.92 Å². The summed E-state index contributed by atoms with van der Waals surface area (Å²) in [4.78, 5) is 2.30. The minimum Gasteiger partial charge on any atom is -0.507 e. The van der Waals surface area contributed by atoms with Gasteiger partial charge in [0.2, 0.25) is 5.95 Å². The Morgan fingerprint density at radius 2 is 2.03 bits per heavy atom. The van der Waals surface area contributed by atoms with Crippen molar-refractivity contribution in [1.82, 2.24) is 19.5 Å². The van der Waals surface area contributed by atoms with Gasteiger partial charge < -0.3 is 15.3 Å². The number of benzene rings is 1. The van der Waals surface area contributed by atoms with Crippen LogP contribution in [0, 0.1) is 5.82 Å². The van der Waals surface area contributed by atoms with E-state index in [0.29, 0.717) is 12.0 Å². The topological polar surface area (TPSA) is 65.7 Å². The molecule has 0 unspecified atom stereocenters. The van der Waals surface area contributed by atoms with E-state index in [1.807, 2.05) is 0 Å². The zero-order valence-electron chi connectivity index (χ0n) is 16.2. The largest absolute Gasteiger partial charge is 0.507 e. The highest BCUT2D eigenvalue weighted by Gasteiger charge is 2.31. The lowest BCUT2D eigenvalue weighted by atomic mass is 10.1. The first-order chi connectivity index (χ1) is 14.3. The quantitative estimate of drug-likeness (QED) is 0.617. The second-order valence-electron chi connectivity index (χ2n) is 7.36. The molecular formula is C20H21F4N5O. The van der Waals surface area contributed by atoms with E-state index in [1.165, 1.54) is 16.7 Å². The first-order valence-electron chi connectivity index (χ1n) is 9.70. The van der Waals surface area contributed by atoms with Crippen LogP contribution in [0.25, 0.3) is 16.8 Å². The van der Waals surface area contributed by atoms with Crippen LogP contribution in [0.5, 0.6) is 5.75 Å². The Labute approximate surface area is 170 Å². The fraction of sp³-hybridized carbons (Fsp3) is 0.400. The molecule has 0 bridgehead atoms. The Morgan fingerprint density at radius 1 is 1.23 bits per heavy atom. The number of alkyl halides is 3. The molecule has 3 aromatic rings. The molecule has 0 radical (unpaired) electrons. The third kappa shape index (κ3) is 3.79. The van der Waals surface area contributed by atoms with Gasteiger partial charge in [-0.2, -0.15) is 13.2 Å². The van der Waals surface area contributed by atoms with Gasteiger partial charge in [-0.05, 0) is 50.2 Å². The van der Waals surface area contributed by atoms with Gasteiger partial charge in [-0.15, -0.1) is 10.2 Å². The van der Waals surface area contributed by atoms with Crippen LogP contribution in [0.1, 0.15) is 25.3 Å². The molecule has 1 fully saturated rings. The predicted octanol–water partition coefficient (Wildman–Crippen LogP) is 4.16. The van der Waals surface area contributed by atoms with Gasteiger partial charge in [0.1, 0.15) is 17.0 Å². The average molecular weight is 423 g/mol. The Bertz CT molecular complexity index is 1070. The summed E-state index contributed by atoms with van der Waals surface area (Å²) in [5, 5.41) is 21.6. The van der Waals surface area contributed by atoms with Gasteiger partial charge in [0.15, 0.2) is 5.82 Å².